The summed E-state index contributed by atoms with van der Waals surface area (Å²) in [6.07, 6.45) is 6.13. The molecule has 1 saturated carbocycles. The topological polar surface area (TPSA) is 55.6 Å². The molecule has 0 aromatic heterocycles. The second-order valence-electron chi connectivity index (χ2n) is 6.17. The second kappa shape index (κ2) is 6.06. The van der Waals surface area contributed by atoms with Crippen LogP contribution in [0.4, 0.5) is 5.69 Å². The van der Waals surface area contributed by atoms with Crippen molar-refractivity contribution in [1.82, 2.24) is 0 Å². The summed E-state index contributed by atoms with van der Waals surface area (Å²) in [5, 5.41) is 0. The summed E-state index contributed by atoms with van der Waals surface area (Å²) < 4.78 is 5.76. The van der Waals surface area contributed by atoms with Crippen LogP contribution >= 0.6 is 0 Å². The van der Waals surface area contributed by atoms with Gasteiger partial charge in [0.2, 0.25) is 5.91 Å². The van der Waals surface area contributed by atoms with Crippen LogP contribution in [0, 0.1) is 5.41 Å². The molecule has 1 aliphatic heterocycles. The summed E-state index contributed by atoms with van der Waals surface area (Å²) in [7, 11) is 0. The van der Waals surface area contributed by atoms with Crippen LogP contribution in [0.25, 0.3) is 0 Å². The Bertz CT molecular complexity index is 509. The molecule has 2 aliphatic rings. The number of carbonyl (C=O) groups is 1. The summed E-state index contributed by atoms with van der Waals surface area (Å²) in [6, 6.07) is 7.83. The van der Waals surface area contributed by atoms with E-state index in [-0.39, 0.29) is 11.3 Å². The highest BCUT2D eigenvalue weighted by molar-refractivity contribution is 5.99. The molecule has 3 rings (SSSR count). The van der Waals surface area contributed by atoms with Gasteiger partial charge in [-0.05, 0) is 31.4 Å². The number of rotatable bonds is 2. The first-order chi connectivity index (χ1) is 10.3. The molecule has 2 N–H and O–H groups in total. The van der Waals surface area contributed by atoms with E-state index in [4.69, 9.17) is 10.5 Å². The molecular weight excluding hydrogens is 264 g/mol. The van der Waals surface area contributed by atoms with Crippen molar-refractivity contribution in [2.24, 2.45) is 11.1 Å². The molecule has 4 nitrogen and oxygen atoms in total. The number of hydrogen-bond donors (Lipinski definition) is 1. The molecule has 1 aromatic rings. The highest BCUT2D eigenvalue weighted by Crippen LogP contribution is 2.40. The third-order valence-electron chi connectivity index (χ3n) is 4.84. The Morgan fingerprint density at radius 1 is 1.19 bits per heavy atom. The van der Waals surface area contributed by atoms with Crippen LogP contribution in [0.3, 0.4) is 0 Å². The Morgan fingerprint density at radius 2 is 1.95 bits per heavy atom. The number of hydrogen-bond acceptors (Lipinski definition) is 3. The van der Waals surface area contributed by atoms with Gasteiger partial charge in [0.25, 0.3) is 0 Å². The van der Waals surface area contributed by atoms with Crippen molar-refractivity contribution >= 4 is 11.6 Å². The van der Waals surface area contributed by atoms with Gasteiger partial charge in [-0.15, -0.1) is 0 Å². The van der Waals surface area contributed by atoms with Crippen LogP contribution in [0.15, 0.2) is 24.3 Å². The summed E-state index contributed by atoms with van der Waals surface area (Å²) >= 11 is 0. The minimum absolute atomic E-state index is 0.197. The number of nitrogens with two attached hydrogens (primary N) is 1. The van der Waals surface area contributed by atoms with Crippen molar-refractivity contribution in [2.75, 3.05) is 24.6 Å². The van der Waals surface area contributed by atoms with Crippen molar-refractivity contribution in [3.8, 4) is 5.75 Å². The first-order valence-electron chi connectivity index (χ1n) is 8.01. The van der Waals surface area contributed by atoms with Gasteiger partial charge in [-0.3, -0.25) is 4.79 Å². The molecule has 4 heteroatoms. The van der Waals surface area contributed by atoms with Crippen LogP contribution < -0.4 is 15.4 Å². The molecule has 1 fully saturated rings. The number of anilines is 1. The Kier molecular flexibility index (Phi) is 4.15. The quantitative estimate of drug-likeness (QED) is 0.910. The van der Waals surface area contributed by atoms with Gasteiger partial charge < -0.3 is 15.4 Å². The Balaban J connectivity index is 1.93. The smallest absolute Gasteiger partial charge is 0.234 e. The number of amides is 1. The van der Waals surface area contributed by atoms with E-state index in [1.165, 1.54) is 6.42 Å². The molecule has 1 aromatic carbocycles. The highest BCUT2D eigenvalue weighted by Gasteiger charge is 2.42. The summed E-state index contributed by atoms with van der Waals surface area (Å²) in [5.41, 5.74) is 6.56. The average molecular weight is 288 g/mol. The largest absolute Gasteiger partial charge is 0.491 e. The fourth-order valence-corrected chi connectivity index (χ4v) is 3.56. The van der Waals surface area contributed by atoms with E-state index in [1.54, 1.807) is 0 Å². The minimum Gasteiger partial charge on any atom is -0.491 e. The van der Waals surface area contributed by atoms with Gasteiger partial charge in [-0.25, -0.2) is 0 Å². The van der Waals surface area contributed by atoms with Gasteiger partial charge in [0.05, 0.1) is 17.7 Å². The zero-order valence-electron chi connectivity index (χ0n) is 12.5. The van der Waals surface area contributed by atoms with E-state index in [0.29, 0.717) is 13.2 Å². The molecule has 0 radical (unpaired) electrons. The molecule has 0 saturated heterocycles. The Morgan fingerprint density at radius 3 is 2.71 bits per heavy atom. The Labute approximate surface area is 126 Å². The van der Waals surface area contributed by atoms with Crippen LogP contribution in [0.1, 0.15) is 38.5 Å². The molecule has 0 bridgehead atoms. The number of carbonyl (C=O) groups excluding carboxylic acids is 1. The molecule has 1 aliphatic carbocycles. The number of ether oxygens (including phenoxy) is 1. The van der Waals surface area contributed by atoms with E-state index in [9.17, 15) is 4.79 Å². The van der Waals surface area contributed by atoms with Crippen LogP contribution in [-0.2, 0) is 4.79 Å². The lowest BCUT2D eigenvalue weighted by molar-refractivity contribution is -0.129. The molecule has 114 valence electrons. The first kappa shape index (κ1) is 14.4. The monoisotopic (exact) mass is 288 g/mol. The summed E-state index contributed by atoms with van der Waals surface area (Å²) in [5.74, 6) is 1.01. The van der Waals surface area contributed by atoms with Crippen molar-refractivity contribution < 1.29 is 9.53 Å². The van der Waals surface area contributed by atoms with Crippen molar-refractivity contribution in [2.45, 2.75) is 38.5 Å². The SMILES string of the molecule is NCC1(C(=O)N2CCCOc3ccccc32)CCCCC1. The lowest BCUT2D eigenvalue weighted by Crippen LogP contribution is -2.49. The third-order valence-corrected chi connectivity index (χ3v) is 4.84. The van der Waals surface area contributed by atoms with Gasteiger partial charge in [0.15, 0.2) is 0 Å². The molecule has 0 unspecified atom stereocenters. The zero-order chi connectivity index (χ0) is 14.7. The zero-order valence-corrected chi connectivity index (χ0v) is 12.5. The lowest BCUT2D eigenvalue weighted by atomic mass is 9.73. The predicted molar refractivity (Wildman–Crippen MR) is 83.5 cm³/mol. The van der Waals surface area contributed by atoms with E-state index >= 15 is 0 Å². The maximum atomic E-state index is 13.2. The molecule has 1 heterocycles. The minimum atomic E-state index is -0.365. The number of fused-ring (bicyclic) bond motifs is 1. The fourth-order valence-electron chi connectivity index (χ4n) is 3.56. The van der Waals surface area contributed by atoms with E-state index in [2.05, 4.69) is 0 Å². The van der Waals surface area contributed by atoms with Crippen molar-refractivity contribution in [3.05, 3.63) is 24.3 Å². The summed E-state index contributed by atoms with van der Waals surface area (Å²) in [4.78, 5) is 15.1. The number of nitrogens with zero attached hydrogens (tertiary/aromatic N) is 1. The average Bonchev–Trinajstić information content (AvgIpc) is 2.77. The highest BCUT2D eigenvalue weighted by atomic mass is 16.5. The number of para-hydroxylation sites is 2. The van der Waals surface area contributed by atoms with Gasteiger partial charge in [0, 0.05) is 13.1 Å². The molecule has 1 amide bonds. The second-order valence-corrected chi connectivity index (χ2v) is 6.17. The normalized spacial score (nSPS) is 21.1. The first-order valence-corrected chi connectivity index (χ1v) is 8.01. The van der Waals surface area contributed by atoms with Crippen LogP contribution in [0.5, 0.6) is 5.75 Å². The maximum absolute atomic E-state index is 13.2. The standard InChI is InChI=1S/C17H24N2O2/c18-13-17(9-4-1-5-10-17)16(20)19-11-6-12-21-15-8-3-2-7-14(15)19/h2-3,7-8H,1,4-6,9-13,18H2. The lowest BCUT2D eigenvalue weighted by Gasteiger charge is -2.38. The van der Waals surface area contributed by atoms with E-state index in [0.717, 1.165) is 50.1 Å². The van der Waals surface area contributed by atoms with E-state index < -0.39 is 0 Å². The fraction of sp³-hybridized carbons (Fsp3) is 0.588. The predicted octanol–water partition coefficient (Wildman–Crippen LogP) is 2.71. The third kappa shape index (κ3) is 2.64. The maximum Gasteiger partial charge on any atom is 0.234 e. The van der Waals surface area contributed by atoms with Gasteiger partial charge in [-0.2, -0.15) is 0 Å². The van der Waals surface area contributed by atoms with E-state index in [1.807, 2.05) is 29.2 Å². The van der Waals surface area contributed by atoms with Crippen LogP contribution in [0.2, 0.25) is 0 Å². The Hall–Kier alpha value is -1.55. The number of benzene rings is 1. The van der Waals surface area contributed by atoms with Crippen molar-refractivity contribution in [1.29, 1.82) is 0 Å². The molecule has 0 atom stereocenters. The molecular formula is C17H24N2O2. The van der Waals surface area contributed by atoms with Crippen molar-refractivity contribution in [3.63, 3.8) is 0 Å². The molecule has 0 spiro atoms. The van der Waals surface area contributed by atoms with Crippen LogP contribution in [-0.4, -0.2) is 25.6 Å². The van der Waals surface area contributed by atoms with Gasteiger partial charge in [-0.1, -0.05) is 31.4 Å². The molecule has 21 heavy (non-hydrogen) atoms. The van der Waals surface area contributed by atoms with Gasteiger partial charge >= 0.3 is 0 Å². The summed E-state index contributed by atoms with van der Waals surface area (Å²) in [6.45, 7) is 1.83. The van der Waals surface area contributed by atoms with Gasteiger partial charge in [0.1, 0.15) is 5.75 Å².